The standard InChI is InChI=1S/C49H77NO5/c1-4-7-10-13-16-19-21-23-25-26-29-31-34-37-40-45(55-49(54)42-39-36-33-30-27-24-22-20-17-14-11-8-5-2)43-48(53)50-46(44-51)47(52)41-38-35-32-28-18-15-12-9-6-3/h7-8,10-11,14,16-17,19-20,22-25,27,29-31,33,37,40,45-47,51-52H,4-6,9,12-13,15,18,21,26,28,32,34-36,38-39,41-44H2,1-3H3,(H,50,53)/b10-7+,11-8+,17-14+,19-16+,22-20-,25-23+,27-24-,31-29+,33-30+,40-37+. The quantitative estimate of drug-likeness (QED) is 0.0259. The van der Waals surface area contributed by atoms with Gasteiger partial charge in [0.05, 0.1) is 25.2 Å². The lowest BCUT2D eigenvalue weighted by Crippen LogP contribution is -2.46. The molecule has 3 unspecified atom stereocenters. The third-order valence-electron chi connectivity index (χ3n) is 8.66. The lowest BCUT2D eigenvalue weighted by Gasteiger charge is -2.23. The normalized spacial score (nSPS) is 14.6. The van der Waals surface area contributed by atoms with Gasteiger partial charge >= 0.3 is 5.97 Å². The molecule has 308 valence electrons. The van der Waals surface area contributed by atoms with E-state index in [9.17, 15) is 19.8 Å². The molecule has 0 saturated heterocycles. The molecule has 0 fully saturated rings. The topological polar surface area (TPSA) is 95.9 Å². The van der Waals surface area contributed by atoms with E-state index in [0.29, 0.717) is 19.3 Å². The summed E-state index contributed by atoms with van der Waals surface area (Å²) in [6, 6.07) is -0.762. The number of amides is 1. The van der Waals surface area contributed by atoms with Crippen LogP contribution in [0.3, 0.4) is 0 Å². The van der Waals surface area contributed by atoms with Gasteiger partial charge in [-0.1, -0.05) is 194 Å². The number of esters is 1. The van der Waals surface area contributed by atoms with Gasteiger partial charge in [-0.05, 0) is 63.9 Å². The summed E-state index contributed by atoms with van der Waals surface area (Å²) in [5.74, 6) is -0.737. The number of allylic oxidation sites excluding steroid dienone is 19. The summed E-state index contributed by atoms with van der Waals surface area (Å²) >= 11 is 0. The Morgan fingerprint density at radius 1 is 0.582 bits per heavy atom. The molecule has 1 amide bonds. The average Bonchev–Trinajstić information content (AvgIpc) is 3.18. The van der Waals surface area contributed by atoms with E-state index >= 15 is 0 Å². The third kappa shape index (κ3) is 37.0. The van der Waals surface area contributed by atoms with Crippen molar-refractivity contribution in [3.63, 3.8) is 0 Å². The molecule has 0 spiro atoms. The van der Waals surface area contributed by atoms with Crippen LogP contribution in [0.1, 0.15) is 149 Å². The first-order valence-corrected chi connectivity index (χ1v) is 21.3. The van der Waals surface area contributed by atoms with Crippen molar-refractivity contribution in [1.82, 2.24) is 5.32 Å². The van der Waals surface area contributed by atoms with Crippen LogP contribution in [0.5, 0.6) is 0 Å². The molecule has 55 heavy (non-hydrogen) atoms. The first-order chi connectivity index (χ1) is 27.0. The number of carbonyl (C=O) groups is 2. The van der Waals surface area contributed by atoms with Crippen LogP contribution in [0.4, 0.5) is 0 Å². The molecule has 3 atom stereocenters. The second-order valence-electron chi connectivity index (χ2n) is 13.7. The molecule has 0 aromatic carbocycles. The number of hydrogen-bond acceptors (Lipinski definition) is 5. The van der Waals surface area contributed by atoms with E-state index in [1.807, 2.05) is 66.8 Å². The van der Waals surface area contributed by atoms with Crippen molar-refractivity contribution in [2.24, 2.45) is 0 Å². The molecular weight excluding hydrogens is 683 g/mol. The molecule has 0 aliphatic heterocycles. The number of rotatable bonds is 35. The minimum absolute atomic E-state index is 0.0833. The number of carbonyl (C=O) groups excluding carboxylic acids is 2. The minimum atomic E-state index is -0.836. The van der Waals surface area contributed by atoms with Crippen LogP contribution in [-0.2, 0) is 14.3 Å². The summed E-state index contributed by atoms with van der Waals surface area (Å²) in [7, 11) is 0. The van der Waals surface area contributed by atoms with Crippen LogP contribution in [0.2, 0.25) is 0 Å². The fourth-order valence-electron chi connectivity index (χ4n) is 5.48. The highest BCUT2D eigenvalue weighted by molar-refractivity contribution is 5.78. The Kier molecular flexibility index (Phi) is 38.6. The zero-order chi connectivity index (χ0) is 40.3. The van der Waals surface area contributed by atoms with Gasteiger partial charge in [0.2, 0.25) is 5.91 Å². The maximum Gasteiger partial charge on any atom is 0.306 e. The van der Waals surface area contributed by atoms with E-state index in [1.54, 1.807) is 6.08 Å². The van der Waals surface area contributed by atoms with Gasteiger partial charge in [0.25, 0.3) is 0 Å². The molecule has 6 nitrogen and oxygen atoms in total. The van der Waals surface area contributed by atoms with Crippen molar-refractivity contribution in [2.75, 3.05) is 6.61 Å². The van der Waals surface area contributed by atoms with Crippen LogP contribution in [-0.4, -0.2) is 46.9 Å². The predicted molar refractivity (Wildman–Crippen MR) is 236 cm³/mol. The van der Waals surface area contributed by atoms with Gasteiger partial charge in [0, 0.05) is 6.42 Å². The van der Waals surface area contributed by atoms with Crippen molar-refractivity contribution in [2.45, 2.75) is 167 Å². The Hall–Kier alpha value is -3.74. The van der Waals surface area contributed by atoms with Crippen molar-refractivity contribution in [3.8, 4) is 0 Å². The SMILES string of the molecule is CC/C=C/C=C/C=C\C=C/C=C/CCCC(=O)OC(/C=C/C/C=C/C/C=C/C/C=C/C/C=C/CC)CC(=O)NC(CO)C(O)CCCCCCCCCCC. The molecule has 0 radical (unpaired) electrons. The van der Waals surface area contributed by atoms with Crippen molar-refractivity contribution in [1.29, 1.82) is 0 Å². The summed E-state index contributed by atoms with van der Waals surface area (Å²) in [5, 5.41) is 23.4. The summed E-state index contributed by atoms with van der Waals surface area (Å²) < 4.78 is 5.73. The van der Waals surface area contributed by atoms with Gasteiger partial charge in [0.1, 0.15) is 6.10 Å². The molecule has 0 bridgehead atoms. The summed E-state index contributed by atoms with van der Waals surface area (Å²) in [4.78, 5) is 25.8. The Morgan fingerprint density at radius 2 is 1.07 bits per heavy atom. The molecule has 0 rings (SSSR count). The predicted octanol–water partition coefficient (Wildman–Crippen LogP) is 12.2. The first-order valence-electron chi connectivity index (χ1n) is 21.3. The lowest BCUT2D eigenvalue weighted by molar-refractivity contribution is -0.148. The van der Waals surface area contributed by atoms with Crippen molar-refractivity contribution < 1.29 is 24.5 Å². The Balaban J connectivity index is 4.98. The summed E-state index contributed by atoms with van der Waals surface area (Å²) in [6.07, 6.45) is 57.2. The zero-order valence-corrected chi connectivity index (χ0v) is 34.7. The number of unbranched alkanes of at least 4 members (excludes halogenated alkanes) is 9. The van der Waals surface area contributed by atoms with E-state index < -0.39 is 18.2 Å². The van der Waals surface area contributed by atoms with Crippen molar-refractivity contribution >= 4 is 11.9 Å². The first kappa shape index (κ1) is 51.3. The van der Waals surface area contributed by atoms with Crippen LogP contribution < -0.4 is 5.32 Å². The number of hydrogen-bond donors (Lipinski definition) is 3. The Morgan fingerprint density at radius 3 is 1.62 bits per heavy atom. The average molecular weight is 760 g/mol. The monoisotopic (exact) mass is 760 g/mol. The lowest BCUT2D eigenvalue weighted by atomic mass is 10.0. The molecular formula is C49H77NO5. The second-order valence-corrected chi connectivity index (χ2v) is 13.7. The number of nitrogens with one attached hydrogen (secondary N) is 1. The highest BCUT2D eigenvalue weighted by Crippen LogP contribution is 2.13. The Labute approximate surface area is 336 Å². The highest BCUT2D eigenvalue weighted by atomic mass is 16.5. The van der Waals surface area contributed by atoms with Gasteiger partial charge in [0.15, 0.2) is 0 Å². The fourth-order valence-corrected chi connectivity index (χ4v) is 5.48. The molecule has 0 saturated carbocycles. The fraction of sp³-hybridized carbons (Fsp3) is 0.551. The van der Waals surface area contributed by atoms with E-state index in [0.717, 1.165) is 57.8 Å². The maximum atomic E-state index is 13.1. The van der Waals surface area contributed by atoms with E-state index in [4.69, 9.17) is 4.74 Å². The maximum absolute atomic E-state index is 13.1. The number of ether oxygens (including phenoxy) is 1. The summed E-state index contributed by atoms with van der Waals surface area (Å²) in [6.45, 7) is 6.10. The minimum Gasteiger partial charge on any atom is -0.458 e. The van der Waals surface area contributed by atoms with E-state index in [2.05, 4.69) is 74.7 Å². The zero-order valence-electron chi connectivity index (χ0n) is 34.7. The molecule has 0 heterocycles. The van der Waals surface area contributed by atoms with Crippen LogP contribution >= 0.6 is 0 Å². The number of aliphatic hydroxyl groups is 2. The van der Waals surface area contributed by atoms with Crippen LogP contribution in [0.25, 0.3) is 0 Å². The largest absolute Gasteiger partial charge is 0.458 e. The highest BCUT2D eigenvalue weighted by Gasteiger charge is 2.23. The van der Waals surface area contributed by atoms with Crippen LogP contribution in [0.15, 0.2) is 122 Å². The van der Waals surface area contributed by atoms with Gasteiger partial charge in [-0.3, -0.25) is 9.59 Å². The van der Waals surface area contributed by atoms with Gasteiger partial charge in [-0.25, -0.2) is 0 Å². The van der Waals surface area contributed by atoms with Crippen LogP contribution in [0, 0.1) is 0 Å². The second kappa shape index (κ2) is 41.4. The van der Waals surface area contributed by atoms with Crippen molar-refractivity contribution in [3.05, 3.63) is 122 Å². The number of aliphatic hydroxyl groups excluding tert-OH is 2. The molecule has 3 N–H and O–H groups in total. The molecule has 0 aromatic heterocycles. The molecule has 6 heteroatoms. The smallest absolute Gasteiger partial charge is 0.306 e. The molecule has 0 aliphatic carbocycles. The van der Waals surface area contributed by atoms with Gasteiger partial charge < -0.3 is 20.3 Å². The third-order valence-corrected chi connectivity index (χ3v) is 8.66. The Bertz CT molecular complexity index is 1220. The molecule has 0 aliphatic rings. The van der Waals surface area contributed by atoms with Gasteiger partial charge in [-0.2, -0.15) is 0 Å². The van der Waals surface area contributed by atoms with Gasteiger partial charge in [-0.15, -0.1) is 0 Å². The van der Waals surface area contributed by atoms with E-state index in [1.165, 1.54) is 38.5 Å². The molecule has 0 aromatic rings. The van der Waals surface area contributed by atoms with E-state index in [-0.39, 0.29) is 31.3 Å². The summed E-state index contributed by atoms with van der Waals surface area (Å²) in [5.41, 5.74) is 0.